The highest BCUT2D eigenvalue weighted by molar-refractivity contribution is 5.21. The van der Waals surface area contributed by atoms with E-state index in [1.165, 1.54) is 6.42 Å². The molecule has 0 unspecified atom stereocenters. The van der Waals surface area contributed by atoms with E-state index in [0.29, 0.717) is 6.42 Å². The van der Waals surface area contributed by atoms with E-state index < -0.39 is 11.7 Å². The van der Waals surface area contributed by atoms with Gasteiger partial charge < -0.3 is 10.2 Å². The first-order chi connectivity index (χ1) is 9.18. The average molecular weight is 260 g/mol. The van der Waals surface area contributed by atoms with Crippen LogP contribution in [0.5, 0.6) is 0 Å². The molecule has 2 nitrogen and oxygen atoms in total. The van der Waals surface area contributed by atoms with Crippen LogP contribution in [0.15, 0.2) is 43.0 Å². The molecule has 0 saturated heterocycles. The molecule has 1 saturated carbocycles. The maximum Gasteiger partial charge on any atom is 0.108 e. The summed E-state index contributed by atoms with van der Waals surface area (Å²) in [7, 11) is 0. The van der Waals surface area contributed by atoms with E-state index in [1.807, 2.05) is 30.3 Å². The Morgan fingerprint density at radius 3 is 2.42 bits per heavy atom. The zero-order valence-electron chi connectivity index (χ0n) is 11.5. The molecule has 0 bridgehead atoms. The fourth-order valence-electron chi connectivity index (χ4n) is 3.26. The van der Waals surface area contributed by atoms with E-state index in [4.69, 9.17) is 0 Å². The Hall–Kier alpha value is -1.12. The normalized spacial score (nSPS) is 21.6. The van der Waals surface area contributed by atoms with Gasteiger partial charge in [0.25, 0.3) is 0 Å². The second-order valence-electron chi connectivity index (χ2n) is 5.63. The van der Waals surface area contributed by atoms with Crippen LogP contribution < -0.4 is 0 Å². The first-order valence-electron chi connectivity index (χ1n) is 7.25. The molecule has 1 aliphatic carbocycles. The number of aliphatic hydroxyl groups is 2. The molecule has 2 N–H and O–H groups in total. The maximum absolute atomic E-state index is 11.0. The molecule has 0 radical (unpaired) electrons. The summed E-state index contributed by atoms with van der Waals surface area (Å²) in [5.41, 5.74) is -0.291. The van der Waals surface area contributed by atoms with Crippen molar-refractivity contribution in [1.82, 2.24) is 0 Å². The number of hydrogen-bond donors (Lipinski definition) is 2. The van der Waals surface area contributed by atoms with Crippen molar-refractivity contribution in [3.05, 3.63) is 48.6 Å². The first-order valence-corrected chi connectivity index (χ1v) is 7.25. The Bertz CT molecular complexity index is 395. The van der Waals surface area contributed by atoms with Crippen molar-refractivity contribution in [2.24, 2.45) is 5.92 Å². The lowest BCUT2D eigenvalue weighted by atomic mass is 9.71. The van der Waals surface area contributed by atoms with Gasteiger partial charge in [0, 0.05) is 0 Å². The molecule has 0 aliphatic heterocycles. The standard InChI is InChI=1S/C17H24O2/c1-2-13-17(19,15-11-7-4-8-12-15)16(18)14-9-5-3-6-10-14/h2-3,5-6,9-10,15-16,18-19H,1,4,7-8,11-13H2/t16-,17+/m1/s1. The fourth-order valence-corrected chi connectivity index (χ4v) is 3.26. The SMILES string of the molecule is C=CC[C@](O)(C1CCCCC1)[C@H](O)c1ccccc1. The van der Waals surface area contributed by atoms with Crippen molar-refractivity contribution in [1.29, 1.82) is 0 Å². The minimum atomic E-state index is -1.08. The van der Waals surface area contributed by atoms with Crippen molar-refractivity contribution < 1.29 is 10.2 Å². The fraction of sp³-hybridized carbons (Fsp3) is 0.529. The predicted octanol–water partition coefficient (Wildman–Crippen LogP) is 3.61. The van der Waals surface area contributed by atoms with Crippen molar-refractivity contribution in [2.75, 3.05) is 0 Å². The van der Waals surface area contributed by atoms with Gasteiger partial charge in [-0.3, -0.25) is 0 Å². The van der Waals surface area contributed by atoms with E-state index in [1.54, 1.807) is 6.08 Å². The molecular weight excluding hydrogens is 236 g/mol. The first kappa shape index (κ1) is 14.3. The summed E-state index contributed by atoms with van der Waals surface area (Å²) in [5, 5.41) is 21.7. The monoisotopic (exact) mass is 260 g/mol. The van der Waals surface area contributed by atoms with Gasteiger partial charge in [0.05, 0.1) is 0 Å². The Morgan fingerprint density at radius 2 is 1.84 bits per heavy atom. The number of hydrogen-bond acceptors (Lipinski definition) is 2. The van der Waals surface area contributed by atoms with Gasteiger partial charge in [0.1, 0.15) is 11.7 Å². The van der Waals surface area contributed by atoms with Crippen LogP contribution in [-0.4, -0.2) is 15.8 Å². The molecule has 2 atom stereocenters. The molecular formula is C17H24O2. The summed E-state index contributed by atoms with van der Waals surface area (Å²) in [5.74, 6) is 0.162. The van der Waals surface area contributed by atoms with E-state index in [9.17, 15) is 10.2 Å². The van der Waals surface area contributed by atoms with Crippen molar-refractivity contribution in [2.45, 2.75) is 50.2 Å². The molecule has 1 aliphatic rings. The zero-order valence-corrected chi connectivity index (χ0v) is 11.5. The van der Waals surface area contributed by atoms with Crippen LogP contribution in [0.3, 0.4) is 0 Å². The van der Waals surface area contributed by atoms with Gasteiger partial charge in [-0.1, -0.05) is 55.7 Å². The lowest BCUT2D eigenvalue weighted by Gasteiger charge is -2.41. The van der Waals surface area contributed by atoms with Gasteiger partial charge in [0.15, 0.2) is 0 Å². The second-order valence-corrected chi connectivity index (χ2v) is 5.63. The van der Waals surface area contributed by atoms with Crippen LogP contribution in [0.25, 0.3) is 0 Å². The molecule has 0 spiro atoms. The molecule has 1 aromatic rings. The van der Waals surface area contributed by atoms with Crippen LogP contribution in [0.4, 0.5) is 0 Å². The Balaban J connectivity index is 2.24. The average Bonchev–Trinajstić information content (AvgIpc) is 2.48. The number of benzene rings is 1. The third-order valence-electron chi connectivity index (χ3n) is 4.37. The highest BCUT2D eigenvalue weighted by Gasteiger charge is 2.42. The van der Waals surface area contributed by atoms with Gasteiger partial charge in [-0.25, -0.2) is 0 Å². The molecule has 2 heteroatoms. The quantitative estimate of drug-likeness (QED) is 0.794. The third kappa shape index (κ3) is 3.07. The minimum Gasteiger partial charge on any atom is -0.386 e. The predicted molar refractivity (Wildman–Crippen MR) is 77.7 cm³/mol. The van der Waals surface area contributed by atoms with Crippen LogP contribution in [-0.2, 0) is 0 Å². The van der Waals surface area contributed by atoms with Gasteiger partial charge in [-0.05, 0) is 30.7 Å². The van der Waals surface area contributed by atoms with Crippen LogP contribution in [0, 0.1) is 5.92 Å². The smallest absolute Gasteiger partial charge is 0.108 e. The summed E-state index contributed by atoms with van der Waals surface area (Å²) in [4.78, 5) is 0. The van der Waals surface area contributed by atoms with Crippen LogP contribution in [0.2, 0.25) is 0 Å². The lowest BCUT2D eigenvalue weighted by Crippen LogP contribution is -2.44. The number of rotatable bonds is 5. The summed E-state index contributed by atoms with van der Waals surface area (Å²) < 4.78 is 0. The van der Waals surface area contributed by atoms with Crippen molar-refractivity contribution in [3.63, 3.8) is 0 Å². The summed E-state index contributed by atoms with van der Waals surface area (Å²) in [6, 6.07) is 9.47. The van der Waals surface area contributed by atoms with Gasteiger partial charge in [0.2, 0.25) is 0 Å². The Kier molecular flexibility index (Phi) is 4.78. The molecule has 19 heavy (non-hydrogen) atoms. The molecule has 0 amide bonds. The number of aliphatic hydroxyl groups excluding tert-OH is 1. The van der Waals surface area contributed by atoms with Gasteiger partial charge in [-0.2, -0.15) is 0 Å². The van der Waals surface area contributed by atoms with E-state index in [-0.39, 0.29) is 5.92 Å². The summed E-state index contributed by atoms with van der Waals surface area (Å²) in [6.45, 7) is 3.75. The molecule has 104 valence electrons. The van der Waals surface area contributed by atoms with Gasteiger partial charge >= 0.3 is 0 Å². The molecule has 0 aromatic heterocycles. The van der Waals surface area contributed by atoms with E-state index >= 15 is 0 Å². The topological polar surface area (TPSA) is 40.5 Å². The highest BCUT2D eigenvalue weighted by atomic mass is 16.3. The summed E-state index contributed by atoms with van der Waals surface area (Å²) >= 11 is 0. The van der Waals surface area contributed by atoms with Crippen LogP contribution in [0.1, 0.15) is 50.2 Å². The molecule has 2 rings (SSSR count). The molecule has 1 fully saturated rings. The minimum absolute atomic E-state index is 0.162. The van der Waals surface area contributed by atoms with E-state index in [0.717, 1.165) is 31.2 Å². The lowest BCUT2D eigenvalue weighted by molar-refractivity contribution is -0.122. The Morgan fingerprint density at radius 1 is 1.21 bits per heavy atom. The molecule has 0 heterocycles. The Labute approximate surface area is 115 Å². The second kappa shape index (κ2) is 6.36. The van der Waals surface area contributed by atoms with Crippen LogP contribution >= 0.6 is 0 Å². The van der Waals surface area contributed by atoms with Crippen molar-refractivity contribution >= 4 is 0 Å². The van der Waals surface area contributed by atoms with E-state index in [2.05, 4.69) is 6.58 Å². The van der Waals surface area contributed by atoms with Gasteiger partial charge in [-0.15, -0.1) is 6.58 Å². The zero-order chi connectivity index (χ0) is 13.7. The largest absolute Gasteiger partial charge is 0.386 e. The van der Waals surface area contributed by atoms with Crippen molar-refractivity contribution in [3.8, 4) is 0 Å². The third-order valence-corrected chi connectivity index (χ3v) is 4.37. The summed E-state index contributed by atoms with van der Waals surface area (Å²) in [6.07, 6.45) is 6.84. The maximum atomic E-state index is 11.0. The molecule has 1 aromatic carbocycles. The highest BCUT2D eigenvalue weighted by Crippen LogP contribution is 2.42.